The van der Waals surface area contributed by atoms with Crippen molar-refractivity contribution in [2.24, 2.45) is 0 Å². The van der Waals surface area contributed by atoms with Gasteiger partial charge in [0, 0.05) is 16.5 Å². The monoisotopic (exact) mass is 381 g/mol. The number of aromatic nitrogens is 1. The Morgan fingerprint density at radius 1 is 0.500 bits per heavy atom. The largest absolute Gasteiger partial charge is 0.309 e. The maximum Gasteiger partial charge on any atom is 0.0547 e. The van der Waals surface area contributed by atoms with Gasteiger partial charge >= 0.3 is 0 Å². The minimum Gasteiger partial charge on any atom is -0.309 e. The third-order valence-electron chi connectivity index (χ3n) is 6.59. The lowest BCUT2D eigenvalue weighted by atomic mass is 9.95. The van der Waals surface area contributed by atoms with Gasteiger partial charge < -0.3 is 4.57 Å². The van der Waals surface area contributed by atoms with Gasteiger partial charge in [-0.25, -0.2) is 0 Å². The lowest BCUT2D eigenvalue weighted by Crippen LogP contribution is -1.93. The fourth-order valence-corrected chi connectivity index (χ4v) is 5.36. The average molecular weight is 381 g/mol. The van der Waals surface area contributed by atoms with E-state index in [1.165, 1.54) is 60.5 Å². The second-order valence-corrected chi connectivity index (χ2v) is 8.18. The van der Waals surface area contributed by atoms with E-state index in [4.69, 9.17) is 0 Å². The van der Waals surface area contributed by atoms with Crippen LogP contribution in [0.4, 0.5) is 0 Å². The zero-order valence-electron chi connectivity index (χ0n) is 16.5. The van der Waals surface area contributed by atoms with Crippen LogP contribution in [-0.2, 0) is 6.42 Å². The summed E-state index contributed by atoms with van der Waals surface area (Å²) in [5.41, 5.74) is 9.47. The Hall–Kier alpha value is -3.84. The van der Waals surface area contributed by atoms with Crippen LogP contribution in [0.25, 0.3) is 49.4 Å². The quantitative estimate of drug-likeness (QED) is 0.277. The van der Waals surface area contributed by atoms with E-state index in [1.54, 1.807) is 0 Å². The molecule has 1 nitrogen and oxygen atoms in total. The fraction of sp³-hybridized carbons (Fsp3) is 0.0345. The Labute approximate surface area is 174 Å². The number of nitrogens with zero attached hydrogens (tertiary/aromatic N) is 1. The van der Waals surface area contributed by atoms with Gasteiger partial charge in [0.2, 0.25) is 0 Å². The summed E-state index contributed by atoms with van der Waals surface area (Å²) in [6.45, 7) is 0. The van der Waals surface area contributed by atoms with Crippen LogP contribution < -0.4 is 0 Å². The fourth-order valence-electron chi connectivity index (χ4n) is 5.36. The number of fused-ring (bicyclic) bond motifs is 9. The van der Waals surface area contributed by atoms with Crippen LogP contribution in [0, 0.1) is 0 Å². The molecule has 1 heteroatoms. The molecule has 0 radical (unpaired) electrons. The molecule has 0 unspecified atom stereocenters. The van der Waals surface area contributed by atoms with Gasteiger partial charge in [-0.05, 0) is 63.7 Å². The van der Waals surface area contributed by atoms with Crippen LogP contribution in [0.1, 0.15) is 11.1 Å². The summed E-state index contributed by atoms with van der Waals surface area (Å²) in [7, 11) is 0. The molecule has 1 aliphatic carbocycles. The molecule has 6 aromatic rings. The van der Waals surface area contributed by atoms with E-state index in [1.807, 2.05) is 0 Å². The van der Waals surface area contributed by atoms with E-state index in [9.17, 15) is 0 Å². The lowest BCUT2D eigenvalue weighted by Gasteiger charge is -2.10. The minimum atomic E-state index is 1.01. The number of para-hydroxylation sites is 2. The Kier molecular flexibility index (Phi) is 3.12. The van der Waals surface area contributed by atoms with E-state index >= 15 is 0 Å². The second kappa shape index (κ2) is 5.84. The smallest absolute Gasteiger partial charge is 0.0547 e. The first kappa shape index (κ1) is 16.0. The Morgan fingerprint density at radius 2 is 1.20 bits per heavy atom. The lowest BCUT2D eigenvalue weighted by molar-refractivity contribution is 1.18. The molecule has 0 N–H and O–H groups in total. The van der Waals surface area contributed by atoms with Crippen molar-refractivity contribution < 1.29 is 0 Å². The summed E-state index contributed by atoms with van der Waals surface area (Å²) in [6.07, 6.45) is 1.01. The van der Waals surface area contributed by atoms with Crippen LogP contribution in [-0.4, -0.2) is 4.57 Å². The molecular formula is C29H19N. The number of benzene rings is 5. The third-order valence-corrected chi connectivity index (χ3v) is 6.59. The third kappa shape index (κ3) is 2.02. The first-order valence-corrected chi connectivity index (χ1v) is 10.5. The summed E-state index contributed by atoms with van der Waals surface area (Å²) < 4.78 is 2.41. The number of hydrogen-bond acceptors (Lipinski definition) is 0. The molecule has 1 aliphatic rings. The van der Waals surface area contributed by atoms with Gasteiger partial charge in [-0.2, -0.15) is 0 Å². The molecule has 0 saturated carbocycles. The standard InChI is InChI=1S/C29H19N/c1-2-9-22(10-3-1)30-25-13-7-6-12-24(25)29-26(30)17-16-21-18-20-15-14-19-8-4-5-11-23(19)27(20)28(21)29/h1-17H,18H2. The highest BCUT2D eigenvalue weighted by atomic mass is 15.0. The molecule has 0 aliphatic heterocycles. The van der Waals surface area contributed by atoms with E-state index in [0.29, 0.717) is 0 Å². The van der Waals surface area contributed by atoms with Gasteiger partial charge in [-0.3, -0.25) is 0 Å². The molecule has 5 aromatic carbocycles. The van der Waals surface area contributed by atoms with E-state index in [0.717, 1.165) is 6.42 Å². The van der Waals surface area contributed by atoms with Crippen molar-refractivity contribution in [2.75, 3.05) is 0 Å². The molecular weight excluding hydrogens is 362 g/mol. The highest BCUT2D eigenvalue weighted by Gasteiger charge is 2.26. The van der Waals surface area contributed by atoms with Gasteiger partial charge in [0.1, 0.15) is 0 Å². The van der Waals surface area contributed by atoms with Crippen molar-refractivity contribution in [3.8, 4) is 16.8 Å². The molecule has 0 bridgehead atoms. The number of hydrogen-bond donors (Lipinski definition) is 0. The van der Waals surface area contributed by atoms with Crippen LogP contribution in [0.2, 0.25) is 0 Å². The van der Waals surface area contributed by atoms with Crippen LogP contribution in [0.5, 0.6) is 0 Å². The van der Waals surface area contributed by atoms with Crippen molar-refractivity contribution >= 4 is 32.6 Å². The van der Waals surface area contributed by atoms with Crippen molar-refractivity contribution in [1.29, 1.82) is 0 Å². The normalized spacial score (nSPS) is 12.5. The average Bonchev–Trinajstić information content (AvgIpc) is 3.35. The maximum atomic E-state index is 2.41. The molecule has 0 amide bonds. The number of rotatable bonds is 1. The molecule has 7 rings (SSSR count). The van der Waals surface area contributed by atoms with Gasteiger partial charge in [0.25, 0.3) is 0 Å². The Bertz CT molecular complexity index is 1600. The summed E-state index contributed by atoms with van der Waals surface area (Å²) in [5.74, 6) is 0. The zero-order valence-corrected chi connectivity index (χ0v) is 16.5. The maximum absolute atomic E-state index is 2.41. The van der Waals surface area contributed by atoms with Gasteiger partial charge in [0.15, 0.2) is 0 Å². The zero-order chi connectivity index (χ0) is 19.7. The van der Waals surface area contributed by atoms with Crippen molar-refractivity contribution in [3.63, 3.8) is 0 Å². The predicted octanol–water partition coefficient (Wildman–Crippen LogP) is 7.51. The highest BCUT2D eigenvalue weighted by Crippen LogP contribution is 2.48. The SMILES string of the molecule is c1ccc(-n2c3ccccc3c3c4c(ccc32)Cc2ccc3ccccc3c2-4)cc1. The summed E-state index contributed by atoms with van der Waals surface area (Å²) >= 11 is 0. The minimum absolute atomic E-state index is 1.01. The van der Waals surface area contributed by atoms with E-state index in [2.05, 4.69) is 108 Å². The van der Waals surface area contributed by atoms with Gasteiger partial charge in [-0.15, -0.1) is 0 Å². The predicted molar refractivity (Wildman–Crippen MR) is 127 cm³/mol. The molecule has 140 valence electrons. The molecule has 1 heterocycles. The summed E-state index contributed by atoms with van der Waals surface area (Å²) in [4.78, 5) is 0. The Balaban J connectivity index is 1.70. The Morgan fingerprint density at radius 3 is 2.10 bits per heavy atom. The van der Waals surface area contributed by atoms with E-state index in [-0.39, 0.29) is 0 Å². The highest BCUT2D eigenvalue weighted by molar-refractivity contribution is 6.20. The van der Waals surface area contributed by atoms with Crippen molar-refractivity contribution in [3.05, 3.63) is 114 Å². The van der Waals surface area contributed by atoms with Crippen LogP contribution in [0.3, 0.4) is 0 Å². The van der Waals surface area contributed by atoms with Crippen molar-refractivity contribution in [2.45, 2.75) is 6.42 Å². The van der Waals surface area contributed by atoms with Crippen LogP contribution in [0.15, 0.2) is 103 Å². The van der Waals surface area contributed by atoms with E-state index < -0.39 is 0 Å². The first-order chi connectivity index (χ1) is 14.9. The molecule has 30 heavy (non-hydrogen) atoms. The topological polar surface area (TPSA) is 4.93 Å². The second-order valence-electron chi connectivity index (χ2n) is 8.18. The molecule has 1 aromatic heterocycles. The molecule has 0 atom stereocenters. The summed E-state index contributed by atoms with van der Waals surface area (Å²) in [6, 6.07) is 37.6. The molecule has 0 saturated heterocycles. The van der Waals surface area contributed by atoms with Crippen LogP contribution >= 0.6 is 0 Å². The molecule has 0 spiro atoms. The first-order valence-electron chi connectivity index (χ1n) is 10.5. The summed E-state index contributed by atoms with van der Waals surface area (Å²) in [5, 5.41) is 5.38. The van der Waals surface area contributed by atoms with Crippen molar-refractivity contribution in [1.82, 2.24) is 4.57 Å². The van der Waals surface area contributed by atoms with Gasteiger partial charge in [-0.1, -0.05) is 78.9 Å². The molecule has 0 fully saturated rings. The van der Waals surface area contributed by atoms with Gasteiger partial charge in [0.05, 0.1) is 11.0 Å².